The maximum atomic E-state index is 3.37. The van der Waals surface area contributed by atoms with E-state index in [4.69, 9.17) is 0 Å². The molecule has 0 spiro atoms. The van der Waals surface area contributed by atoms with E-state index in [1.165, 1.54) is 10.9 Å². The van der Waals surface area contributed by atoms with Gasteiger partial charge in [0, 0.05) is 12.6 Å². The van der Waals surface area contributed by atoms with Crippen LogP contribution < -0.4 is 10.6 Å². The topological polar surface area (TPSA) is 12.0 Å². The summed E-state index contributed by atoms with van der Waals surface area (Å²) in [6, 6.07) is 9.08. The predicted octanol–water partition coefficient (Wildman–Crippen LogP) is 2.71. The lowest BCUT2D eigenvalue weighted by Gasteiger charge is -2.07. The molecular weight excluding hydrogens is 189 g/mol. The summed E-state index contributed by atoms with van der Waals surface area (Å²) in [6.07, 6.45) is 0. The van der Waals surface area contributed by atoms with Gasteiger partial charge in [-0.3, -0.25) is 0 Å². The third kappa shape index (κ3) is 6.12. The summed E-state index contributed by atoms with van der Waals surface area (Å²) in [5.41, 5.74) is 1.34. The lowest BCUT2D eigenvalue weighted by molar-refractivity contribution is 0.589. The fourth-order valence-corrected chi connectivity index (χ4v) is 1.15. The van der Waals surface area contributed by atoms with Gasteiger partial charge in [-0.1, -0.05) is 52.0 Å². The molecule has 2 heteroatoms. The molecule has 14 heavy (non-hydrogen) atoms. The molecule has 80 valence electrons. The number of nitrogens with one attached hydrogen (secondary N) is 1. The molecule has 0 amide bonds. The molecule has 0 aliphatic heterocycles. The van der Waals surface area contributed by atoms with Crippen LogP contribution in [0, 0.1) is 0 Å². The van der Waals surface area contributed by atoms with E-state index in [0.717, 1.165) is 6.54 Å². The standard InChI is InChI=1S/C10H16NP.C2H6/c1-8(2)11-7-9-3-5-10(12)6-4-9;1-2/h3-6,8,11H,7,12H2,1-2H3;1-2H3. The summed E-state index contributed by atoms with van der Waals surface area (Å²) >= 11 is 0. The molecule has 1 aromatic rings. The summed E-state index contributed by atoms with van der Waals surface area (Å²) in [4.78, 5) is 0. The van der Waals surface area contributed by atoms with Gasteiger partial charge in [0.15, 0.2) is 0 Å². The van der Waals surface area contributed by atoms with Crippen molar-refractivity contribution in [3.63, 3.8) is 0 Å². The quantitative estimate of drug-likeness (QED) is 0.758. The zero-order valence-corrected chi connectivity index (χ0v) is 10.8. The highest BCUT2D eigenvalue weighted by Crippen LogP contribution is 1.98. The van der Waals surface area contributed by atoms with Crippen LogP contribution in [0.5, 0.6) is 0 Å². The Kier molecular flexibility index (Phi) is 7.74. The molecule has 0 aliphatic rings. The van der Waals surface area contributed by atoms with E-state index in [1.54, 1.807) is 0 Å². The predicted molar refractivity (Wildman–Crippen MR) is 69.1 cm³/mol. The highest BCUT2D eigenvalue weighted by atomic mass is 31.0. The molecule has 0 saturated heterocycles. The lowest BCUT2D eigenvalue weighted by Crippen LogP contribution is -2.21. The smallest absolute Gasteiger partial charge is 0.0207 e. The van der Waals surface area contributed by atoms with Crippen molar-refractivity contribution in [3.05, 3.63) is 29.8 Å². The van der Waals surface area contributed by atoms with Crippen LogP contribution in [0.1, 0.15) is 33.3 Å². The molecule has 0 radical (unpaired) electrons. The molecule has 0 fully saturated rings. The summed E-state index contributed by atoms with van der Waals surface area (Å²) in [6.45, 7) is 9.27. The Labute approximate surface area is 90.5 Å². The minimum atomic E-state index is 0.556. The van der Waals surface area contributed by atoms with Crippen LogP contribution >= 0.6 is 9.24 Å². The number of benzene rings is 1. The van der Waals surface area contributed by atoms with E-state index >= 15 is 0 Å². The Bertz CT molecular complexity index is 229. The van der Waals surface area contributed by atoms with Gasteiger partial charge >= 0.3 is 0 Å². The van der Waals surface area contributed by atoms with E-state index in [0.29, 0.717) is 6.04 Å². The zero-order chi connectivity index (χ0) is 11.0. The van der Waals surface area contributed by atoms with Gasteiger partial charge in [-0.25, -0.2) is 0 Å². The van der Waals surface area contributed by atoms with Crippen LogP contribution in [0.15, 0.2) is 24.3 Å². The molecule has 1 atom stereocenters. The van der Waals surface area contributed by atoms with Crippen molar-refractivity contribution in [3.8, 4) is 0 Å². The van der Waals surface area contributed by atoms with Crippen molar-refractivity contribution >= 4 is 14.5 Å². The second-order valence-electron chi connectivity index (χ2n) is 3.28. The van der Waals surface area contributed by atoms with Crippen LogP contribution in [0.4, 0.5) is 0 Å². The normalized spacial score (nSPS) is 9.57. The van der Waals surface area contributed by atoms with Gasteiger partial charge < -0.3 is 5.32 Å². The second-order valence-corrected chi connectivity index (χ2v) is 3.94. The van der Waals surface area contributed by atoms with Crippen molar-refractivity contribution < 1.29 is 0 Å². The highest BCUT2D eigenvalue weighted by Gasteiger charge is 1.93. The molecule has 0 heterocycles. The average Bonchev–Trinajstić information content (AvgIpc) is 2.20. The molecule has 0 aliphatic carbocycles. The average molecular weight is 211 g/mol. The first-order chi connectivity index (χ1) is 6.68. The van der Waals surface area contributed by atoms with E-state index in [2.05, 4.69) is 52.7 Å². The minimum Gasteiger partial charge on any atom is -0.310 e. The van der Waals surface area contributed by atoms with Gasteiger partial charge in [0.1, 0.15) is 0 Å². The summed E-state index contributed by atoms with van der Waals surface area (Å²) in [5.74, 6) is 0. The van der Waals surface area contributed by atoms with Gasteiger partial charge in [0.2, 0.25) is 0 Å². The van der Waals surface area contributed by atoms with Gasteiger partial charge in [-0.2, -0.15) is 0 Å². The molecule has 0 saturated carbocycles. The van der Waals surface area contributed by atoms with E-state index in [9.17, 15) is 0 Å². The fraction of sp³-hybridized carbons (Fsp3) is 0.500. The molecule has 1 aromatic carbocycles. The largest absolute Gasteiger partial charge is 0.310 e. The molecular formula is C12H22NP. The summed E-state index contributed by atoms with van der Waals surface area (Å²) < 4.78 is 0. The summed E-state index contributed by atoms with van der Waals surface area (Å²) in [5, 5.41) is 4.61. The maximum Gasteiger partial charge on any atom is 0.0207 e. The monoisotopic (exact) mass is 211 g/mol. The van der Waals surface area contributed by atoms with Gasteiger partial charge in [0.25, 0.3) is 0 Å². The maximum absolute atomic E-state index is 3.37. The van der Waals surface area contributed by atoms with Crippen molar-refractivity contribution in [2.24, 2.45) is 0 Å². The Morgan fingerprint density at radius 3 is 2.07 bits per heavy atom. The molecule has 1 N–H and O–H groups in total. The highest BCUT2D eigenvalue weighted by molar-refractivity contribution is 7.27. The van der Waals surface area contributed by atoms with E-state index < -0.39 is 0 Å². The van der Waals surface area contributed by atoms with Crippen molar-refractivity contribution in [1.29, 1.82) is 0 Å². The summed E-state index contributed by atoms with van der Waals surface area (Å²) in [7, 11) is 2.69. The Morgan fingerprint density at radius 2 is 1.64 bits per heavy atom. The van der Waals surface area contributed by atoms with Crippen LogP contribution in [0.3, 0.4) is 0 Å². The molecule has 1 rings (SSSR count). The van der Waals surface area contributed by atoms with Gasteiger partial charge in [-0.15, -0.1) is 9.24 Å². The van der Waals surface area contributed by atoms with E-state index in [1.807, 2.05) is 13.8 Å². The van der Waals surface area contributed by atoms with Crippen molar-refractivity contribution in [2.75, 3.05) is 0 Å². The first-order valence-electron chi connectivity index (χ1n) is 5.26. The van der Waals surface area contributed by atoms with Crippen molar-refractivity contribution in [2.45, 2.75) is 40.3 Å². The first kappa shape index (κ1) is 13.6. The first-order valence-corrected chi connectivity index (χ1v) is 5.84. The molecule has 0 aromatic heterocycles. The molecule has 1 nitrogen and oxygen atoms in total. The molecule has 0 bridgehead atoms. The minimum absolute atomic E-state index is 0.556. The fourth-order valence-electron chi connectivity index (χ4n) is 0.957. The number of hydrogen-bond acceptors (Lipinski definition) is 1. The van der Waals surface area contributed by atoms with Crippen LogP contribution in [0.2, 0.25) is 0 Å². The van der Waals surface area contributed by atoms with E-state index in [-0.39, 0.29) is 0 Å². The second kappa shape index (κ2) is 7.96. The Hall–Kier alpha value is -0.390. The van der Waals surface area contributed by atoms with Crippen LogP contribution in [0.25, 0.3) is 0 Å². The zero-order valence-electron chi connectivity index (χ0n) is 9.67. The third-order valence-electron chi connectivity index (χ3n) is 1.69. The van der Waals surface area contributed by atoms with Crippen LogP contribution in [-0.4, -0.2) is 6.04 Å². The third-order valence-corrected chi connectivity index (χ3v) is 2.08. The Balaban J connectivity index is 0.000000791. The molecule has 1 unspecified atom stereocenters. The van der Waals surface area contributed by atoms with Crippen molar-refractivity contribution in [1.82, 2.24) is 5.32 Å². The van der Waals surface area contributed by atoms with Crippen LogP contribution in [-0.2, 0) is 6.54 Å². The van der Waals surface area contributed by atoms with Gasteiger partial charge in [0.05, 0.1) is 0 Å². The number of rotatable bonds is 3. The SMILES string of the molecule is CC.CC(C)NCc1ccc(P)cc1. The Morgan fingerprint density at radius 1 is 1.14 bits per heavy atom. The number of hydrogen-bond donors (Lipinski definition) is 1. The lowest BCUT2D eigenvalue weighted by atomic mass is 10.2. The van der Waals surface area contributed by atoms with Gasteiger partial charge in [-0.05, 0) is 10.9 Å².